The number of alkyl halides is 6. The zero-order valence-corrected chi connectivity index (χ0v) is 11.6. The highest BCUT2D eigenvalue weighted by atomic mass is 79.9. The highest BCUT2D eigenvalue weighted by molar-refractivity contribution is 9.10. The lowest BCUT2D eigenvalue weighted by molar-refractivity contribution is -0.299. The third-order valence-electron chi connectivity index (χ3n) is 2.31. The molecule has 114 valence electrons. The molecule has 0 fully saturated rings. The fourth-order valence-electron chi connectivity index (χ4n) is 1.41. The van der Waals surface area contributed by atoms with Crippen LogP contribution in [0.4, 0.5) is 26.3 Å². The van der Waals surface area contributed by atoms with Crippen molar-refractivity contribution in [3.05, 3.63) is 28.2 Å². The largest absolute Gasteiger partial charge is 0.471 e. The van der Waals surface area contributed by atoms with E-state index in [-0.39, 0.29) is 4.47 Å². The molecule has 0 spiro atoms. The topological polar surface area (TPSA) is 35.2 Å². The molecule has 0 heterocycles. The van der Waals surface area contributed by atoms with Crippen molar-refractivity contribution in [1.82, 2.24) is 0 Å². The molecule has 0 amide bonds. The summed E-state index contributed by atoms with van der Waals surface area (Å²) in [6.07, 6.45) is -15.0. The Bertz CT molecular complexity index is 457. The first-order valence-corrected chi connectivity index (χ1v) is 6.07. The van der Waals surface area contributed by atoms with Gasteiger partial charge in [0.2, 0.25) is 0 Å². The number of benzene rings is 1. The lowest BCUT2D eigenvalue weighted by Gasteiger charge is -2.24. The number of hydrogen-bond donors (Lipinski definition) is 1. The van der Waals surface area contributed by atoms with E-state index in [9.17, 15) is 26.3 Å². The molecule has 0 bridgehead atoms. The van der Waals surface area contributed by atoms with Gasteiger partial charge in [-0.3, -0.25) is 0 Å². The van der Waals surface area contributed by atoms with Crippen LogP contribution in [0.15, 0.2) is 22.7 Å². The molecule has 0 aliphatic carbocycles. The molecule has 9 heteroatoms. The van der Waals surface area contributed by atoms with Crippen molar-refractivity contribution in [2.24, 2.45) is 5.73 Å². The molecule has 0 saturated carbocycles. The van der Waals surface area contributed by atoms with Gasteiger partial charge in [-0.2, -0.15) is 26.3 Å². The lowest BCUT2D eigenvalue weighted by atomic mass is 10.1. The first kappa shape index (κ1) is 17.1. The Morgan fingerprint density at radius 2 is 1.60 bits per heavy atom. The van der Waals surface area contributed by atoms with Crippen molar-refractivity contribution in [3.8, 4) is 5.75 Å². The fourth-order valence-corrected chi connectivity index (χ4v) is 2.12. The van der Waals surface area contributed by atoms with E-state index < -0.39 is 30.2 Å². The van der Waals surface area contributed by atoms with Crippen LogP contribution in [0.25, 0.3) is 0 Å². The Balaban J connectivity index is 3.05. The Labute approximate surface area is 119 Å². The standard InChI is InChI=1S/C11H10BrF6NO/c1-5(19)7-3-2-6(4-8(7)12)20-9(10(13,14)15)11(16,17)18/h2-5,9H,19H2,1H3. The van der Waals surface area contributed by atoms with Gasteiger partial charge in [0, 0.05) is 10.5 Å². The molecular weight excluding hydrogens is 356 g/mol. The molecule has 0 saturated heterocycles. The minimum absolute atomic E-state index is 0.271. The maximum atomic E-state index is 12.3. The van der Waals surface area contributed by atoms with Crippen LogP contribution in [0.2, 0.25) is 0 Å². The van der Waals surface area contributed by atoms with Gasteiger partial charge in [-0.1, -0.05) is 22.0 Å². The van der Waals surface area contributed by atoms with Crippen molar-refractivity contribution in [3.63, 3.8) is 0 Å². The molecular formula is C11H10BrF6NO. The summed E-state index contributed by atoms with van der Waals surface area (Å²) < 4.78 is 78.3. The van der Waals surface area contributed by atoms with E-state index in [4.69, 9.17) is 5.73 Å². The normalized spacial score (nSPS) is 14.5. The number of ether oxygens (including phenoxy) is 1. The van der Waals surface area contributed by atoms with Crippen molar-refractivity contribution >= 4 is 15.9 Å². The first-order valence-electron chi connectivity index (χ1n) is 5.28. The highest BCUT2D eigenvalue weighted by Gasteiger charge is 2.59. The fraction of sp³-hybridized carbons (Fsp3) is 0.455. The van der Waals surface area contributed by atoms with Crippen LogP contribution in [0.5, 0.6) is 5.75 Å². The van der Waals surface area contributed by atoms with E-state index in [1.165, 1.54) is 6.07 Å². The number of nitrogens with two attached hydrogens (primary N) is 1. The zero-order valence-electron chi connectivity index (χ0n) is 10.0. The van der Waals surface area contributed by atoms with Crippen LogP contribution in [-0.2, 0) is 0 Å². The minimum atomic E-state index is -5.55. The SMILES string of the molecule is CC(N)c1ccc(OC(C(F)(F)F)C(F)(F)F)cc1Br. The molecule has 0 aliphatic rings. The molecule has 0 aliphatic heterocycles. The lowest BCUT2D eigenvalue weighted by Crippen LogP contribution is -2.46. The Morgan fingerprint density at radius 1 is 1.10 bits per heavy atom. The smallest absolute Gasteiger partial charge is 0.434 e. The molecule has 20 heavy (non-hydrogen) atoms. The average Bonchev–Trinajstić information content (AvgIpc) is 2.22. The van der Waals surface area contributed by atoms with Crippen molar-refractivity contribution in [1.29, 1.82) is 0 Å². The molecule has 1 unspecified atom stereocenters. The summed E-state index contributed by atoms with van der Waals surface area (Å²) in [4.78, 5) is 0. The number of halogens is 7. The molecule has 1 atom stereocenters. The second-order valence-corrected chi connectivity index (χ2v) is 4.91. The van der Waals surface area contributed by atoms with Gasteiger partial charge in [0.05, 0.1) is 0 Å². The maximum absolute atomic E-state index is 12.3. The van der Waals surface area contributed by atoms with Gasteiger partial charge in [-0.05, 0) is 24.6 Å². The Morgan fingerprint density at radius 3 is 1.95 bits per heavy atom. The van der Waals surface area contributed by atoms with Crippen molar-refractivity contribution < 1.29 is 31.1 Å². The molecule has 1 rings (SSSR count). The van der Waals surface area contributed by atoms with E-state index >= 15 is 0 Å². The monoisotopic (exact) mass is 365 g/mol. The van der Waals surface area contributed by atoms with E-state index in [0.717, 1.165) is 12.1 Å². The quantitative estimate of drug-likeness (QED) is 0.808. The van der Waals surface area contributed by atoms with Crippen LogP contribution in [-0.4, -0.2) is 18.5 Å². The predicted molar refractivity (Wildman–Crippen MR) is 63.3 cm³/mol. The van der Waals surface area contributed by atoms with Gasteiger partial charge in [0.25, 0.3) is 6.10 Å². The minimum Gasteiger partial charge on any atom is -0.471 e. The third kappa shape index (κ3) is 4.27. The van der Waals surface area contributed by atoms with Gasteiger partial charge < -0.3 is 10.5 Å². The Hall–Kier alpha value is -0.960. The predicted octanol–water partition coefficient (Wildman–Crippen LogP) is 4.34. The molecule has 1 aromatic carbocycles. The van der Waals surface area contributed by atoms with Gasteiger partial charge >= 0.3 is 12.4 Å². The third-order valence-corrected chi connectivity index (χ3v) is 3.00. The summed E-state index contributed by atoms with van der Waals surface area (Å²) in [7, 11) is 0. The Kier molecular flexibility index (Phi) is 4.96. The summed E-state index contributed by atoms with van der Waals surface area (Å²) in [6.45, 7) is 1.62. The molecule has 0 aromatic heterocycles. The van der Waals surface area contributed by atoms with Crippen molar-refractivity contribution in [2.75, 3.05) is 0 Å². The summed E-state index contributed by atoms with van der Waals surface area (Å²) >= 11 is 3.02. The van der Waals surface area contributed by atoms with E-state index in [1.807, 2.05) is 0 Å². The van der Waals surface area contributed by atoms with Gasteiger partial charge in [-0.15, -0.1) is 0 Å². The van der Waals surface area contributed by atoms with E-state index in [2.05, 4.69) is 20.7 Å². The number of hydrogen-bond acceptors (Lipinski definition) is 2. The first-order chi connectivity index (χ1) is 8.93. The van der Waals surface area contributed by atoms with Crippen molar-refractivity contribution in [2.45, 2.75) is 31.4 Å². The zero-order chi connectivity index (χ0) is 15.7. The van der Waals surface area contributed by atoms with Gasteiger partial charge in [0.1, 0.15) is 5.75 Å². The highest BCUT2D eigenvalue weighted by Crippen LogP contribution is 2.37. The van der Waals surface area contributed by atoms with Gasteiger partial charge in [0.15, 0.2) is 0 Å². The summed E-state index contributed by atoms with van der Waals surface area (Å²) in [5, 5.41) is 0. The molecule has 1 aromatic rings. The second kappa shape index (κ2) is 5.80. The summed E-state index contributed by atoms with van der Waals surface area (Å²) in [5.41, 5.74) is 6.11. The van der Waals surface area contributed by atoms with Gasteiger partial charge in [-0.25, -0.2) is 0 Å². The van der Waals surface area contributed by atoms with Crippen LogP contribution in [0, 0.1) is 0 Å². The molecule has 0 radical (unpaired) electrons. The molecule has 2 nitrogen and oxygen atoms in total. The van der Waals surface area contributed by atoms with Crippen LogP contribution in [0.3, 0.4) is 0 Å². The maximum Gasteiger partial charge on any atom is 0.434 e. The average molecular weight is 366 g/mol. The number of rotatable bonds is 3. The van der Waals surface area contributed by atoms with Crippen LogP contribution >= 0.6 is 15.9 Å². The summed E-state index contributed by atoms with van der Waals surface area (Å²) in [6, 6.07) is 2.89. The van der Waals surface area contributed by atoms with Crippen LogP contribution < -0.4 is 10.5 Å². The van der Waals surface area contributed by atoms with E-state index in [1.54, 1.807) is 6.92 Å². The van der Waals surface area contributed by atoms with E-state index in [0.29, 0.717) is 5.56 Å². The second-order valence-electron chi connectivity index (χ2n) is 4.05. The molecule has 2 N–H and O–H groups in total. The summed E-state index contributed by atoms with van der Waals surface area (Å²) in [5.74, 6) is -0.555. The van der Waals surface area contributed by atoms with Crippen LogP contribution in [0.1, 0.15) is 18.5 Å².